The number of hydrogen-bond donors (Lipinski definition) is 1. The lowest BCUT2D eigenvalue weighted by molar-refractivity contribution is 0.0144. The monoisotopic (exact) mass is 315 g/mol. The average Bonchev–Trinajstić information content (AvgIpc) is 2.45. The second-order valence-corrected chi connectivity index (χ2v) is 6.99. The Bertz CT molecular complexity index is 336. The summed E-state index contributed by atoms with van der Waals surface area (Å²) in [5.41, 5.74) is -0.424. The van der Waals surface area contributed by atoms with E-state index in [1.165, 1.54) is 0 Å². The molecule has 0 bridgehead atoms. The van der Waals surface area contributed by atoms with Crippen LogP contribution < -0.4 is 5.32 Å². The fourth-order valence-corrected chi connectivity index (χ4v) is 2.30. The standard InChI is InChI=1S/C16H33N3O3/c1-13(14(2)21-6)17-7-8-18-9-11-19(12-10-18)15(20)22-16(3,4)5/h13-14,17H,7-12H2,1-6H3. The summed E-state index contributed by atoms with van der Waals surface area (Å²) in [4.78, 5) is 16.2. The summed E-state index contributed by atoms with van der Waals surface area (Å²) in [6, 6.07) is 0.341. The number of rotatable bonds is 6. The lowest BCUT2D eigenvalue weighted by atomic mass is 10.2. The molecule has 1 aliphatic rings. The van der Waals surface area contributed by atoms with Crippen molar-refractivity contribution in [1.82, 2.24) is 15.1 Å². The summed E-state index contributed by atoms with van der Waals surface area (Å²) >= 11 is 0. The van der Waals surface area contributed by atoms with E-state index in [2.05, 4.69) is 24.1 Å². The van der Waals surface area contributed by atoms with Crippen molar-refractivity contribution in [3.05, 3.63) is 0 Å². The summed E-state index contributed by atoms with van der Waals surface area (Å²) in [7, 11) is 1.73. The van der Waals surface area contributed by atoms with Gasteiger partial charge in [-0.2, -0.15) is 0 Å². The number of nitrogens with one attached hydrogen (secondary N) is 1. The van der Waals surface area contributed by atoms with Gasteiger partial charge >= 0.3 is 6.09 Å². The minimum absolute atomic E-state index is 0.201. The summed E-state index contributed by atoms with van der Waals surface area (Å²) in [6.45, 7) is 15.1. The minimum Gasteiger partial charge on any atom is -0.444 e. The molecule has 0 aromatic carbocycles. The molecule has 6 heteroatoms. The first-order chi connectivity index (χ1) is 10.2. The van der Waals surface area contributed by atoms with Gasteiger partial charge in [0.2, 0.25) is 0 Å². The molecule has 1 saturated heterocycles. The van der Waals surface area contributed by atoms with Crippen molar-refractivity contribution in [3.8, 4) is 0 Å². The zero-order chi connectivity index (χ0) is 16.8. The zero-order valence-electron chi connectivity index (χ0n) is 15.0. The Morgan fingerprint density at radius 1 is 1.18 bits per heavy atom. The largest absolute Gasteiger partial charge is 0.444 e. The number of piperazine rings is 1. The van der Waals surface area contributed by atoms with E-state index in [4.69, 9.17) is 9.47 Å². The normalized spacial score (nSPS) is 19.8. The molecule has 0 aliphatic carbocycles. The van der Waals surface area contributed by atoms with E-state index in [0.717, 1.165) is 39.3 Å². The molecule has 0 aromatic heterocycles. The quantitative estimate of drug-likeness (QED) is 0.806. The van der Waals surface area contributed by atoms with Gasteiger partial charge in [0.25, 0.3) is 0 Å². The summed E-state index contributed by atoms with van der Waals surface area (Å²) in [5.74, 6) is 0. The smallest absolute Gasteiger partial charge is 0.410 e. The Hall–Kier alpha value is -0.850. The van der Waals surface area contributed by atoms with E-state index in [-0.39, 0.29) is 12.2 Å². The van der Waals surface area contributed by atoms with Crippen LogP contribution in [0.3, 0.4) is 0 Å². The first-order valence-electron chi connectivity index (χ1n) is 8.19. The van der Waals surface area contributed by atoms with E-state index < -0.39 is 5.60 Å². The number of hydrogen-bond acceptors (Lipinski definition) is 5. The van der Waals surface area contributed by atoms with E-state index in [0.29, 0.717) is 6.04 Å². The minimum atomic E-state index is -0.424. The van der Waals surface area contributed by atoms with Gasteiger partial charge in [0.1, 0.15) is 5.60 Å². The second kappa shape index (κ2) is 8.70. The number of ether oxygens (including phenoxy) is 2. The summed E-state index contributed by atoms with van der Waals surface area (Å²) in [5, 5.41) is 3.47. The molecule has 22 heavy (non-hydrogen) atoms. The molecule has 0 radical (unpaired) electrons. The van der Waals surface area contributed by atoms with Crippen LogP contribution in [0, 0.1) is 0 Å². The van der Waals surface area contributed by atoms with Crippen LogP contribution in [0.1, 0.15) is 34.6 Å². The molecule has 1 rings (SSSR count). The van der Waals surface area contributed by atoms with Crippen LogP contribution in [0.2, 0.25) is 0 Å². The highest BCUT2D eigenvalue weighted by atomic mass is 16.6. The molecule has 2 atom stereocenters. The van der Waals surface area contributed by atoms with Gasteiger partial charge in [-0.3, -0.25) is 4.90 Å². The number of carbonyl (C=O) groups is 1. The third kappa shape index (κ3) is 6.94. The first kappa shape index (κ1) is 19.2. The van der Waals surface area contributed by atoms with Crippen molar-refractivity contribution >= 4 is 6.09 Å². The first-order valence-corrected chi connectivity index (χ1v) is 8.19. The molecule has 2 unspecified atom stereocenters. The maximum absolute atomic E-state index is 12.0. The highest BCUT2D eigenvalue weighted by molar-refractivity contribution is 5.68. The van der Waals surface area contributed by atoms with Crippen LogP contribution in [0.25, 0.3) is 0 Å². The van der Waals surface area contributed by atoms with Gasteiger partial charge in [-0.25, -0.2) is 4.79 Å². The third-order valence-corrected chi connectivity index (χ3v) is 3.99. The molecule has 0 spiro atoms. The molecule has 1 aliphatic heterocycles. The Labute approximate surface area is 135 Å². The molecular formula is C16H33N3O3. The highest BCUT2D eigenvalue weighted by Gasteiger charge is 2.25. The molecule has 1 fully saturated rings. The van der Waals surface area contributed by atoms with Crippen molar-refractivity contribution in [2.75, 3.05) is 46.4 Å². The summed E-state index contributed by atoms with van der Waals surface area (Å²) < 4.78 is 10.7. The second-order valence-electron chi connectivity index (χ2n) is 6.99. The van der Waals surface area contributed by atoms with Crippen LogP contribution in [0.5, 0.6) is 0 Å². The Morgan fingerprint density at radius 3 is 2.27 bits per heavy atom. The Morgan fingerprint density at radius 2 is 1.77 bits per heavy atom. The van der Waals surface area contributed by atoms with E-state index >= 15 is 0 Å². The molecular weight excluding hydrogens is 282 g/mol. The van der Waals surface area contributed by atoms with Crippen molar-refractivity contribution in [2.24, 2.45) is 0 Å². The Balaban J connectivity index is 2.21. The van der Waals surface area contributed by atoms with Gasteiger partial charge in [0.15, 0.2) is 0 Å². The van der Waals surface area contributed by atoms with Crippen LogP contribution in [0.15, 0.2) is 0 Å². The number of amides is 1. The van der Waals surface area contributed by atoms with Gasteiger partial charge < -0.3 is 19.7 Å². The van der Waals surface area contributed by atoms with Crippen molar-refractivity contribution in [1.29, 1.82) is 0 Å². The van der Waals surface area contributed by atoms with Crippen molar-refractivity contribution in [3.63, 3.8) is 0 Å². The zero-order valence-corrected chi connectivity index (χ0v) is 15.0. The average molecular weight is 315 g/mol. The van der Waals surface area contributed by atoms with E-state index in [1.807, 2.05) is 20.8 Å². The fourth-order valence-electron chi connectivity index (χ4n) is 2.30. The molecule has 0 aromatic rings. The van der Waals surface area contributed by atoms with E-state index in [1.54, 1.807) is 12.0 Å². The molecule has 130 valence electrons. The van der Waals surface area contributed by atoms with Gasteiger partial charge in [-0.1, -0.05) is 0 Å². The van der Waals surface area contributed by atoms with Crippen LogP contribution in [-0.2, 0) is 9.47 Å². The van der Waals surface area contributed by atoms with Crippen LogP contribution in [0.4, 0.5) is 4.79 Å². The molecule has 1 N–H and O–H groups in total. The van der Waals surface area contributed by atoms with Crippen molar-refractivity contribution < 1.29 is 14.3 Å². The predicted octanol–water partition coefficient (Wildman–Crippen LogP) is 1.55. The summed E-state index contributed by atoms with van der Waals surface area (Å²) in [6.07, 6.45) is 0.0110. The molecule has 0 saturated carbocycles. The van der Waals surface area contributed by atoms with Crippen LogP contribution in [-0.4, -0.2) is 80.0 Å². The topological polar surface area (TPSA) is 54.0 Å². The highest BCUT2D eigenvalue weighted by Crippen LogP contribution is 2.11. The van der Waals surface area contributed by atoms with Gasteiger partial charge in [-0.05, 0) is 34.6 Å². The maximum atomic E-state index is 12.0. The van der Waals surface area contributed by atoms with Crippen LogP contribution >= 0.6 is 0 Å². The number of carbonyl (C=O) groups excluding carboxylic acids is 1. The fraction of sp³-hybridized carbons (Fsp3) is 0.938. The molecule has 1 heterocycles. The SMILES string of the molecule is COC(C)C(C)NCCN1CCN(C(=O)OC(C)(C)C)CC1. The van der Waals surface area contributed by atoms with Gasteiger partial charge in [0, 0.05) is 52.4 Å². The third-order valence-electron chi connectivity index (χ3n) is 3.99. The molecule has 1 amide bonds. The van der Waals surface area contributed by atoms with Crippen molar-refractivity contribution in [2.45, 2.75) is 52.4 Å². The maximum Gasteiger partial charge on any atom is 0.410 e. The van der Waals surface area contributed by atoms with Gasteiger partial charge in [0.05, 0.1) is 6.10 Å². The lowest BCUT2D eigenvalue weighted by Gasteiger charge is -2.35. The number of nitrogens with zero attached hydrogens (tertiary/aromatic N) is 2. The lowest BCUT2D eigenvalue weighted by Crippen LogP contribution is -2.51. The predicted molar refractivity (Wildman–Crippen MR) is 88.2 cm³/mol. The molecule has 6 nitrogen and oxygen atoms in total. The number of methoxy groups -OCH3 is 1. The van der Waals surface area contributed by atoms with E-state index in [9.17, 15) is 4.79 Å². The Kier molecular flexibility index (Phi) is 7.59. The van der Waals surface area contributed by atoms with Gasteiger partial charge in [-0.15, -0.1) is 0 Å².